The summed E-state index contributed by atoms with van der Waals surface area (Å²) < 4.78 is 11.6. The van der Waals surface area contributed by atoms with Crippen molar-refractivity contribution in [1.82, 2.24) is 0 Å². The van der Waals surface area contributed by atoms with Crippen LogP contribution in [0.25, 0.3) is 16.8 Å². The van der Waals surface area contributed by atoms with Gasteiger partial charge in [-0.2, -0.15) is 10.1 Å². The van der Waals surface area contributed by atoms with E-state index in [1.807, 2.05) is 55.5 Å². The van der Waals surface area contributed by atoms with Gasteiger partial charge in [0, 0.05) is 0 Å². The fourth-order valence-corrected chi connectivity index (χ4v) is 4.32. The Morgan fingerprint density at radius 2 is 1.69 bits per heavy atom. The molecule has 5 nitrogen and oxygen atoms in total. The lowest BCUT2D eigenvalue weighted by molar-refractivity contribution is -0.114. The van der Waals surface area contributed by atoms with Crippen LogP contribution in [0.15, 0.2) is 95.6 Å². The normalized spacial score (nSPS) is 14.5. The van der Waals surface area contributed by atoms with Crippen LogP contribution in [0.4, 0.5) is 5.69 Å². The number of amides is 1. The van der Waals surface area contributed by atoms with Crippen molar-refractivity contribution in [3.63, 3.8) is 0 Å². The summed E-state index contributed by atoms with van der Waals surface area (Å²) in [5, 5.41) is 8.56. The highest BCUT2D eigenvalue weighted by molar-refractivity contribution is 6.33. The zero-order valence-corrected chi connectivity index (χ0v) is 20.1. The maximum atomic E-state index is 13.0. The minimum Gasteiger partial charge on any atom is -0.493 e. The largest absolute Gasteiger partial charge is 0.493 e. The predicted octanol–water partition coefficient (Wildman–Crippen LogP) is 6.89. The van der Waals surface area contributed by atoms with Crippen LogP contribution in [-0.4, -0.2) is 18.7 Å². The smallest absolute Gasteiger partial charge is 0.280 e. The molecule has 0 fully saturated rings. The number of carbonyl (C=O) groups excluding carboxylic acids is 1. The van der Waals surface area contributed by atoms with Gasteiger partial charge in [0.05, 0.1) is 29.1 Å². The zero-order valence-electron chi connectivity index (χ0n) is 19.4. The number of rotatable bonds is 6. The number of hydrogen-bond donors (Lipinski definition) is 0. The van der Waals surface area contributed by atoms with E-state index in [0.29, 0.717) is 40.1 Å². The molecule has 4 aromatic carbocycles. The van der Waals surface area contributed by atoms with Crippen molar-refractivity contribution in [2.24, 2.45) is 5.10 Å². The molecule has 1 amide bonds. The van der Waals surface area contributed by atoms with E-state index >= 15 is 0 Å². The SMILES string of the molecule is COc1cc(/C=C2/C(=O)N(c3ccccc3)N=C2C)cc(Cl)c1OCc1ccc2ccccc2c1. The molecule has 1 aliphatic heterocycles. The van der Waals surface area contributed by atoms with Crippen LogP contribution in [0.3, 0.4) is 0 Å². The summed E-state index contributed by atoms with van der Waals surface area (Å²) in [4.78, 5) is 13.0. The van der Waals surface area contributed by atoms with Crippen molar-refractivity contribution < 1.29 is 14.3 Å². The van der Waals surface area contributed by atoms with Crippen LogP contribution in [0.2, 0.25) is 5.02 Å². The van der Waals surface area contributed by atoms with E-state index in [1.165, 1.54) is 10.4 Å². The fraction of sp³-hybridized carbons (Fsp3) is 0.103. The third-order valence-electron chi connectivity index (χ3n) is 5.82. The molecule has 0 bridgehead atoms. The number of ether oxygens (including phenoxy) is 2. The number of hydrazone groups is 1. The predicted molar refractivity (Wildman–Crippen MR) is 141 cm³/mol. The molecule has 0 saturated heterocycles. The second kappa shape index (κ2) is 9.65. The number of para-hydroxylation sites is 1. The number of fused-ring (bicyclic) bond motifs is 1. The van der Waals surface area contributed by atoms with Gasteiger partial charge in [-0.25, -0.2) is 0 Å². The molecule has 0 spiro atoms. The quantitative estimate of drug-likeness (QED) is 0.281. The zero-order chi connectivity index (χ0) is 24.4. The van der Waals surface area contributed by atoms with Gasteiger partial charge < -0.3 is 9.47 Å². The summed E-state index contributed by atoms with van der Waals surface area (Å²) >= 11 is 6.60. The molecule has 0 saturated carbocycles. The summed E-state index contributed by atoms with van der Waals surface area (Å²) in [5.74, 6) is 0.754. The van der Waals surface area contributed by atoms with Gasteiger partial charge in [-0.15, -0.1) is 0 Å². The minimum absolute atomic E-state index is 0.194. The number of benzene rings is 4. The summed E-state index contributed by atoms with van der Waals surface area (Å²) in [6.45, 7) is 2.16. The molecule has 5 rings (SSSR count). The lowest BCUT2D eigenvalue weighted by Crippen LogP contribution is -2.21. The number of nitrogens with zero attached hydrogens (tertiary/aromatic N) is 2. The molecule has 1 aliphatic rings. The monoisotopic (exact) mass is 482 g/mol. The highest BCUT2D eigenvalue weighted by Gasteiger charge is 2.28. The van der Waals surface area contributed by atoms with E-state index in [-0.39, 0.29) is 5.91 Å². The van der Waals surface area contributed by atoms with E-state index in [2.05, 4.69) is 29.4 Å². The van der Waals surface area contributed by atoms with Crippen molar-refractivity contribution >= 4 is 45.8 Å². The van der Waals surface area contributed by atoms with Gasteiger partial charge in [-0.05, 0) is 65.2 Å². The Bertz CT molecular complexity index is 1480. The third kappa shape index (κ3) is 4.63. The summed E-state index contributed by atoms with van der Waals surface area (Å²) in [5.41, 5.74) is 3.59. The number of methoxy groups -OCH3 is 1. The van der Waals surface area contributed by atoms with Gasteiger partial charge in [0.2, 0.25) is 0 Å². The van der Waals surface area contributed by atoms with E-state index in [1.54, 1.807) is 25.3 Å². The summed E-state index contributed by atoms with van der Waals surface area (Å²) in [7, 11) is 1.57. The molecule has 35 heavy (non-hydrogen) atoms. The van der Waals surface area contributed by atoms with Gasteiger partial charge in [0.15, 0.2) is 11.5 Å². The molecular weight excluding hydrogens is 460 g/mol. The second-order valence-electron chi connectivity index (χ2n) is 8.20. The molecule has 1 heterocycles. The Kier molecular flexibility index (Phi) is 6.25. The standard InChI is InChI=1S/C29H23ClN2O3/c1-19-25(29(33)32(31-19)24-10-4-3-5-11-24)15-21-16-26(30)28(27(17-21)34-2)35-18-20-12-13-22-8-6-7-9-23(22)14-20/h3-17H,18H2,1-2H3/b25-15+. The molecular formula is C29H23ClN2O3. The number of halogens is 1. The maximum absolute atomic E-state index is 13.0. The van der Waals surface area contributed by atoms with Crippen molar-refractivity contribution in [3.05, 3.63) is 107 Å². The lowest BCUT2D eigenvalue weighted by Gasteiger charge is -2.14. The molecule has 0 aromatic heterocycles. The molecule has 0 N–H and O–H groups in total. The highest BCUT2D eigenvalue weighted by atomic mass is 35.5. The molecule has 0 aliphatic carbocycles. The topological polar surface area (TPSA) is 51.1 Å². The van der Waals surface area contributed by atoms with Crippen molar-refractivity contribution in [3.8, 4) is 11.5 Å². The van der Waals surface area contributed by atoms with Gasteiger partial charge in [-0.3, -0.25) is 4.79 Å². The number of hydrogen-bond acceptors (Lipinski definition) is 4. The molecule has 0 unspecified atom stereocenters. The van der Waals surface area contributed by atoms with Crippen molar-refractivity contribution in [2.45, 2.75) is 13.5 Å². The van der Waals surface area contributed by atoms with Gasteiger partial charge in [-0.1, -0.05) is 66.2 Å². The molecule has 4 aromatic rings. The Morgan fingerprint density at radius 1 is 0.943 bits per heavy atom. The Morgan fingerprint density at radius 3 is 2.46 bits per heavy atom. The molecule has 0 radical (unpaired) electrons. The van der Waals surface area contributed by atoms with Gasteiger partial charge in [0.1, 0.15) is 6.61 Å². The fourth-order valence-electron chi connectivity index (χ4n) is 4.04. The van der Waals surface area contributed by atoms with Crippen LogP contribution >= 0.6 is 11.6 Å². The van der Waals surface area contributed by atoms with E-state index in [9.17, 15) is 4.79 Å². The molecule has 174 valence electrons. The first-order valence-corrected chi connectivity index (χ1v) is 11.6. The van der Waals surface area contributed by atoms with Crippen LogP contribution < -0.4 is 14.5 Å². The summed E-state index contributed by atoms with van der Waals surface area (Å²) in [6, 6.07) is 27.3. The highest BCUT2D eigenvalue weighted by Crippen LogP contribution is 2.38. The Balaban J connectivity index is 1.39. The Labute approximate surface area is 208 Å². The van der Waals surface area contributed by atoms with Gasteiger partial charge >= 0.3 is 0 Å². The van der Waals surface area contributed by atoms with Gasteiger partial charge in [0.25, 0.3) is 5.91 Å². The van der Waals surface area contributed by atoms with Crippen LogP contribution in [-0.2, 0) is 11.4 Å². The third-order valence-corrected chi connectivity index (χ3v) is 6.10. The van der Waals surface area contributed by atoms with Crippen molar-refractivity contribution in [1.29, 1.82) is 0 Å². The number of anilines is 1. The van der Waals surface area contributed by atoms with E-state index in [4.69, 9.17) is 21.1 Å². The first-order valence-electron chi connectivity index (χ1n) is 11.2. The molecule has 6 heteroatoms. The Hall–Kier alpha value is -4.09. The lowest BCUT2D eigenvalue weighted by atomic mass is 10.1. The number of carbonyl (C=O) groups is 1. The average molecular weight is 483 g/mol. The van der Waals surface area contributed by atoms with Crippen LogP contribution in [0, 0.1) is 0 Å². The average Bonchev–Trinajstić information content (AvgIpc) is 3.16. The second-order valence-corrected chi connectivity index (χ2v) is 8.61. The first-order chi connectivity index (χ1) is 17.0. The van der Waals surface area contributed by atoms with Crippen molar-refractivity contribution in [2.75, 3.05) is 12.1 Å². The first kappa shape index (κ1) is 22.7. The molecule has 0 atom stereocenters. The minimum atomic E-state index is -0.194. The summed E-state index contributed by atoms with van der Waals surface area (Å²) in [6.07, 6.45) is 1.77. The maximum Gasteiger partial charge on any atom is 0.280 e. The van der Waals surface area contributed by atoms with E-state index in [0.717, 1.165) is 16.5 Å². The van der Waals surface area contributed by atoms with Crippen LogP contribution in [0.5, 0.6) is 11.5 Å². The van der Waals surface area contributed by atoms with Crippen LogP contribution in [0.1, 0.15) is 18.1 Å². The van der Waals surface area contributed by atoms with E-state index < -0.39 is 0 Å².